The standard InChI is InChI=1S/C20H23N3O7S/c1-3-30-19-13-17(23(25)26)16(12-18(19)29-2)20(24)21-14-6-8-15(9-7-14)31(27,28)22-10-4-5-11-22/h6-9,12-13H,3-5,10-11H2,1-2H3,(H,21,24). The second-order valence-electron chi connectivity index (χ2n) is 6.80. The summed E-state index contributed by atoms with van der Waals surface area (Å²) >= 11 is 0. The summed E-state index contributed by atoms with van der Waals surface area (Å²) in [6.45, 7) is 2.97. The number of amides is 1. The van der Waals surface area contributed by atoms with E-state index in [9.17, 15) is 23.3 Å². The Morgan fingerprint density at radius 3 is 2.35 bits per heavy atom. The summed E-state index contributed by atoms with van der Waals surface area (Å²) in [7, 11) is -2.21. The lowest BCUT2D eigenvalue weighted by atomic mass is 10.1. The molecule has 1 fully saturated rings. The van der Waals surface area contributed by atoms with Crippen LogP contribution in [0.4, 0.5) is 11.4 Å². The van der Waals surface area contributed by atoms with Crippen molar-refractivity contribution in [2.24, 2.45) is 0 Å². The van der Waals surface area contributed by atoms with Gasteiger partial charge in [-0.25, -0.2) is 8.42 Å². The SMILES string of the molecule is CCOc1cc([N+](=O)[O-])c(C(=O)Nc2ccc(S(=O)(=O)N3CCCC3)cc2)cc1OC. The number of nitrogens with one attached hydrogen (secondary N) is 1. The zero-order valence-electron chi connectivity index (χ0n) is 17.2. The van der Waals surface area contributed by atoms with Gasteiger partial charge < -0.3 is 14.8 Å². The average Bonchev–Trinajstić information content (AvgIpc) is 3.30. The Balaban J connectivity index is 1.85. The number of hydrogen-bond acceptors (Lipinski definition) is 7. The Hall–Kier alpha value is -3.18. The summed E-state index contributed by atoms with van der Waals surface area (Å²) in [6.07, 6.45) is 1.66. The van der Waals surface area contributed by atoms with E-state index in [-0.39, 0.29) is 28.6 Å². The Morgan fingerprint density at radius 2 is 1.81 bits per heavy atom. The van der Waals surface area contributed by atoms with Gasteiger partial charge in [0.2, 0.25) is 10.0 Å². The van der Waals surface area contributed by atoms with Crippen molar-refractivity contribution >= 4 is 27.3 Å². The summed E-state index contributed by atoms with van der Waals surface area (Å²) < 4.78 is 37.1. The summed E-state index contributed by atoms with van der Waals surface area (Å²) in [6, 6.07) is 8.07. The molecule has 0 aliphatic carbocycles. The maximum atomic E-state index is 12.7. The van der Waals surface area contributed by atoms with E-state index in [0.29, 0.717) is 18.8 Å². The minimum Gasteiger partial charge on any atom is -0.493 e. The molecule has 3 rings (SSSR count). The first-order valence-electron chi connectivity index (χ1n) is 9.68. The zero-order valence-corrected chi connectivity index (χ0v) is 18.0. The number of anilines is 1. The van der Waals surface area contributed by atoms with Gasteiger partial charge >= 0.3 is 0 Å². The molecule has 2 aromatic carbocycles. The largest absolute Gasteiger partial charge is 0.493 e. The maximum absolute atomic E-state index is 12.7. The Labute approximate surface area is 180 Å². The van der Waals surface area contributed by atoms with Crippen LogP contribution in [0.15, 0.2) is 41.3 Å². The van der Waals surface area contributed by atoms with Gasteiger partial charge in [0.15, 0.2) is 11.5 Å². The van der Waals surface area contributed by atoms with E-state index in [2.05, 4.69) is 5.32 Å². The van der Waals surface area contributed by atoms with Gasteiger partial charge in [0.1, 0.15) is 5.56 Å². The van der Waals surface area contributed by atoms with E-state index in [1.807, 2.05) is 0 Å². The molecule has 166 valence electrons. The summed E-state index contributed by atoms with van der Waals surface area (Å²) in [5.74, 6) is -0.391. The molecule has 1 saturated heterocycles. The number of carbonyl (C=O) groups is 1. The van der Waals surface area contributed by atoms with Crippen LogP contribution in [-0.4, -0.2) is 50.4 Å². The molecule has 0 radical (unpaired) electrons. The molecule has 1 heterocycles. The number of methoxy groups -OCH3 is 1. The molecule has 1 aliphatic heterocycles. The molecule has 1 amide bonds. The third kappa shape index (κ3) is 4.78. The normalized spacial score (nSPS) is 14.3. The minimum atomic E-state index is -3.57. The van der Waals surface area contributed by atoms with Gasteiger partial charge in [-0.2, -0.15) is 4.31 Å². The average molecular weight is 449 g/mol. The van der Waals surface area contributed by atoms with Crippen molar-refractivity contribution in [1.29, 1.82) is 0 Å². The van der Waals surface area contributed by atoms with E-state index in [1.54, 1.807) is 6.92 Å². The molecule has 0 aromatic heterocycles. The number of nitro groups is 1. The highest BCUT2D eigenvalue weighted by Gasteiger charge is 2.28. The maximum Gasteiger partial charge on any atom is 0.286 e. The van der Waals surface area contributed by atoms with Crippen LogP contribution in [0.3, 0.4) is 0 Å². The number of nitrogens with zero attached hydrogens (tertiary/aromatic N) is 2. The van der Waals surface area contributed by atoms with Gasteiger partial charge in [0.25, 0.3) is 11.6 Å². The van der Waals surface area contributed by atoms with E-state index in [0.717, 1.165) is 18.9 Å². The monoisotopic (exact) mass is 449 g/mol. The lowest BCUT2D eigenvalue weighted by molar-refractivity contribution is -0.385. The minimum absolute atomic E-state index is 0.126. The number of carbonyl (C=O) groups excluding carboxylic acids is 1. The first-order valence-corrected chi connectivity index (χ1v) is 11.1. The van der Waals surface area contributed by atoms with Crippen molar-refractivity contribution in [3.63, 3.8) is 0 Å². The van der Waals surface area contributed by atoms with Crippen molar-refractivity contribution in [2.75, 3.05) is 32.1 Å². The predicted molar refractivity (Wildman–Crippen MR) is 113 cm³/mol. The van der Waals surface area contributed by atoms with Crippen LogP contribution >= 0.6 is 0 Å². The number of sulfonamides is 1. The van der Waals surface area contributed by atoms with E-state index in [4.69, 9.17) is 9.47 Å². The van der Waals surface area contributed by atoms with Gasteiger partial charge in [-0.1, -0.05) is 0 Å². The number of hydrogen-bond donors (Lipinski definition) is 1. The Bertz CT molecular complexity index is 1080. The lowest BCUT2D eigenvalue weighted by Crippen LogP contribution is -2.27. The Kier molecular flexibility index (Phi) is 6.76. The lowest BCUT2D eigenvalue weighted by Gasteiger charge is -2.16. The fraction of sp³-hybridized carbons (Fsp3) is 0.350. The van der Waals surface area contributed by atoms with Gasteiger partial charge in [0.05, 0.1) is 29.6 Å². The first-order chi connectivity index (χ1) is 14.8. The van der Waals surface area contributed by atoms with Crippen molar-refractivity contribution < 1.29 is 27.6 Å². The second-order valence-corrected chi connectivity index (χ2v) is 8.74. The zero-order chi connectivity index (χ0) is 22.6. The summed E-state index contributed by atoms with van der Waals surface area (Å²) in [4.78, 5) is 23.7. The molecular weight excluding hydrogens is 426 g/mol. The van der Waals surface area contributed by atoms with Crippen molar-refractivity contribution in [3.05, 3.63) is 52.1 Å². The van der Waals surface area contributed by atoms with Crippen LogP contribution in [0.2, 0.25) is 0 Å². The quantitative estimate of drug-likeness (QED) is 0.484. The fourth-order valence-electron chi connectivity index (χ4n) is 3.30. The number of ether oxygens (including phenoxy) is 2. The summed E-state index contributed by atoms with van der Waals surface area (Å²) in [5.41, 5.74) is -0.346. The highest BCUT2D eigenvalue weighted by molar-refractivity contribution is 7.89. The summed E-state index contributed by atoms with van der Waals surface area (Å²) in [5, 5.41) is 14.0. The van der Waals surface area contributed by atoms with Crippen LogP contribution in [0.25, 0.3) is 0 Å². The molecule has 0 spiro atoms. The smallest absolute Gasteiger partial charge is 0.286 e. The van der Waals surface area contributed by atoms with Gasteiger partial charge in [-0.05, 0) is 44.0 Å². The van der Waals surface area contributed by atoms with Gasteiger partial charge in [0, 0.05) is 24.8 Å². The molecule has 10 nitrogen and oxygen atoms in total. The topological polar surface area (TPSA) is 128 Å². The van der Waals surface area contributed by atoms with E-state index >= 15 is 0 Å². The van der Waals surface area contributed by atoms with Crippen molar-refractivity contribution in [3.8, 4) is 11.5 Å². The van der Waals surface area contributed by atoms with Crippen LogP contribution in [0.1, 0.15) is 30.1 Å². The number of rotatable bonds is 8. The second kappa shape index (κ2) is 9.31. The molecule has 1 N–H and O–H groups in total. The third-order valence-corrected chi connectivity index (χ3v) is 6.75. The van der Waals surface area contributed by atoms with Crippen LogP contribution < -0.4 is 14.8 Å². The molecular formula is C20H23N3O7S. The van der Waals surface area contributed by atoms with Crippen LogP contribution in [0, 0.1) is 10.1 Å². The number of benzene rings is 2. The van der Waals surface area contributed by atoms with Gasteiger partial charge in [-0.15, -0.1) is 0 Å². The first kappa shape index (κ1) is 22.5. The highest BCUT2D eigenvalue weighted by atomic mass is 32.2. The Morgan fingerprint density at radius 1 is 1.16 bits per heavy atom. The molecule has 1 aliphatic rings. The molecule has 0 bridgehead atoms. The molecule has 0 atom stereocenters. The highest BCUT2D eigenvalue weighted by Crippen LogP contribution is 2.35. The predicted octanol–water partition coefficient (Wildman–Crippen LogP) is 3.04. The van der Waals surface area contributed by atoms with Crippen LogP contribution in [-0.2, 0) is 10.0 Å². The van der Waals surface area contributed by atoms with Gasteiger partial charge in [-0.3, -0.25) is 14.9 Å². The molecule has 2 aromatic rings. The molecule has 11 heteroatoms. The van der Waals surface area contributed by atoms with E-state index < -0.39 is 26.5 Å². The molecule has 31 heavy (non-hydrogen) atoms. The third-order valence-electron chi connectivity index (χ3n) is 4.84. The number of nitro benzene ring substituents is 1. The van der Waals surface area contributed by atoms with Crippen LogP contribution in [0.5, 0.6) is 11.5 Å². The fourth-order valence-corrected chi connectivity index (χ4v) is 4.81. The molecule has 0 unspecified atom stereocenters. The van der Waals surface area contributed by atoms with Crippen molar-refractivity contribution in [1.82, 2.24) is 4.31 Å². The molecule has 0 saturated carbocycles. The van der Waals surface area contributed by atoms with E-state index in [1.165, 1.54) is 41.7 Å². The van der Waals surface area contributed by atoms with Crippen molar-refractivity contribution in [2.45, 2.75) is 24.7 Å².